The van der Waals surface area contributed by atoms with E-state index < -0.39 is 5.92 Å². The number of phenolic OH excluding ortho intramolecular Hbond substituents is 1. The van der Waals surface area contributed by atoms with Crippen molar-refractivity contribution in [2.45, 2.75) is 12.8 Å². The molecule has 3 N–H and O–H groups in total. The number of aromatic hydroxyl groups is 1. The van der Waals surface area contributed by atoms with Crippen molar-refractivity contribution in [2.75, 3.05) is 24.5 Å². The average molecular weight is 416 g/mol. The van der Waals surface area contributed by atoms with Crippen LogP contribution >= 0.6 is 11.6 Å². The van der Waals surface area contributed by atoms with Crippen molar-refractivity contribution in [1.29, 1.82) is 0 Å². The molecule has 3 rings (SSSR count). The highest BCUT2D eigenvalue weighted by Crippen LogP contribution is 2.26. The molecule has 3 amide bonds. The second-order valence-electron chi connectivity index (χ2n) is 6.76. The zero-order valence-electron chi connectivity index (χ0n) is 15.7. The van der Waals surface area contributed by atoms with Gasteiger partial charge in [0.25, 0.3) is 5.91 Å². The maximum absolute atomic E-state index is 12.5. The van der Waals surface area contributed by atoms with E-state index in [0.29, 0.717) is 43.1 Å². The van der Waals surface area contributed by atoms with Crippen molar-refractivity contribution in [2.24, 2.45) is 5.92 Å². The van der Waals surface area contributed by atoms with E-state index >= 15 is 0 Å². The number of carbonyl (C=O) groups is 3. The van der Waals surface area contributed by atoms with E-state index in [0.717, 1.165) is 5.69 Å². The fourth-order valence-electron chi connectivity index (χ4n) is 3.17. The molecule has 0 aliphatic carbocycles. The molecule has 1 atom stereocenters. The normalized spacial score (nSPS) is 16.0. The highest BCUT2D eigenvalue weighted by Gasteiger charge is 2.37. The molecule has 2 aromatic carbocycles. The number of rotatable bonds is 7. The first-order valence-electron chi connectivity index (χ1n) is 9.37. The molecule has 2 aromatic rings. The van der Waals surface area contributed by atoms with E-state index in [1.807, 2.05) is 0 Å². The van der Waals surface area contributed by atoms with Gasteiger partial charge in [-0.3, -0.25) is 14.4 Å². The Morgan fingerprint density at radius 1 is 1.10 bits per heavy atom. The summed E-state index contributed by atoms with van der Waals surface area (Å²) in [4.78, 5) is 38.5. The van der Waals surface area contributed by atoms with Crippen molar-refractivity contribution in [3.8, 4) is 5.75 Å². The maximum Gasteiger partial charge on any atom is 0.251 e. The summed E-state index contributed by atoms with van der Waals surface area (Å²) in [5.41, 5.74) is 1.09. The Hall–Kier alpha value is -3.06. The Balaban J connectivity index is 1.40. The van der Waals surface area contributed by atoms with Crippen LogP contribution in [0.15, 0.2) is 48.5 Å². The number of nitrogens with zero attached hydrogens (tertiary/aromatic N) is 1. The molecule has 0 bridgehead atoms. The fraction of sp³-hybridized carbons (Fsp3) is 0.286. The minimum absolute atomic E-state index is 0.0267. The van der Waals surface area contributed by atoms with Crippen LogP contribution in [0.25, 0.3) is 0 Å². The maximum atomic E-state index is 12.5. The monoisotopic (exact) mass is 415 g/mol. The summed E-state index contributed by atoms with van der Waals surface area (Å²) in [5.74, 6) is -1.49. The molecule has 1 saturated heterocycles. The fourth-order valence-corrected chi connectivity index (χ4v) is 3.30. The molecule has 0 aromatic heterocycles. The molecule has 8 heteroatoms. The van der Waals surface area contributed by atoms with Crippen molar-refractivity contribution < 1.29 is 19.5 Å². The summed E-state index contributed by atoms with van der Waals surface area (Å²) < 4.78 is 0. The summed E-state index contributed by atoms with van der Waals surface area (Å²) >= 11 is 5.87. The topological polar surface area (TPSA) is 98.7 Å². The number of nitrogens with one attached hydrogen (secondary N) is 2. The molecule has 29 heavy (non-hydrogen) atoms. The van der Waals surface area contributed by atoms with Crippen LogP contribution < -0.4 is 15.5 Å². The summed E-state index contributed by atoms with van der Waals surface area (Å²) in [6.45, 7) is 1.20. The third kappa shape index (κ3) is 5.26. The lowest BCUT2D eigenvalue weighted by Crippen LogP contribution is -2.38. The minimum Gasteiger partial charge on any atom is -0.508 e. The second kappa shape index (κ2) is 9.43. The molecule has 152 valence electrons. The molecule has 1 fully saturated rings. The summed E-state index contributed by atoms with van der Waals surface area (Å²) in [5, 5.41) is 15.5. The second-order valence-corrected chi connectivity index (χ2v) is 7.19. The number of halogens is 1. The van der Waals surface area contributed by atoms with Gasteiger partial charge in [-0.2, -0.15) is 0 Å². The molecule has 1 aliphatic heterocycles. The largest absolute Gasteiger partial charge is 0.508 e. The first-order chi connectivity index (χ1) is 14.0. The van der Waals surface area contributed by atoms with E-state index in [4.69, 9.17) is 11.6 Å². The van der Waals surface area contributed by atoms with Crippen molar-refractivity contribution >= 4 is 35.0 Å². The van der Waals surface area contributed by atoms with Crippen molar-refractivity contribution in [1.82, 2.24) is 10.6 Å². The van der Waals surface area contributed by atoms with Gasteiger partial charge in [0, 0.05) is 35.9 Å². The van der Waals surface area contributed by atoms with Crippen LogP contribution in [0.1, 0.15) is 23.2 Å². The standard InChI is InChI=1S/C21H22ClN3O4/c22-15-5-7-16(8-6-15)25-12-9-18(21(25)29)20(28)24-11-2-10-23-19(27)14-3-1-4-17(26)13-14/h1,3-8,13,18,26H,2,9-12H2,(H,23,27)(H,24,28). The van der Waals surface area contributed by atoms with Gasteiger partial charge in [0.15, 0.2) is 0 Å². The summed E-state index contributed by atoms with van der Waals surface area (Å²) in [6.07, 6.45) is 0.986. The predicted molar refractivity (Wildman–Crippen MR) is 110 cm³/mol. The third-order valence-electron chi connectivity index (χ3n) is 4.71. The van der Waals surface area contributed by atoms with Gasteiger partial charge >= 0.3 is 0 Å². The van der Waals surface area contributed by atoms with E-state index in [2.05, 4.69) is 10.6 Å². The van der Waals surface area contributed by atoms with Gasteiger partial charge in [-0.1, -0.05) is 17.7 Å². The van der Waals surface area contributed by atoms with Gasteiger partial charge in [-0.05, 0) is 55.3 Å². The van der Waals surface area contributed by atoms with E-state index in [9.17, 15) is 19.5 Å². The van der Waals surface area contributed by atoms with Gasteiger partial charge in [0.05, 0.1) is 0 Å². The van der Waals surface area contributed by atoms with Crippen LogP contribution in [0, 0.1) is 5.92 Å². The van der Waals surface area contributed by atoms with Crippen molar-refractivity contribution in [3.63, 3.8) is 0 Å². The molecular formula is C21H22ClN3O4. The van der Waals surface area contributed by atoms with Crippen LogP contribution in [-0.4, -0.2) is 42.5 Å². The van der Waals surface area contributed by atoms with E-state index in [-0.39, 0.29) is 23.5 Å². The Labute approximate surface area is 173 Å². The van der Waals surface area contributed by atoms with E-state index in [1.54, 1.807) is 41.3 Å². The van der Waals surface area contributed by atoms with Crippen LogP contribution in [0.3, 0.4) is 0 Å². The number of hydrogen-bond donors (Lipinski definition) is 3. The number of anilines is 1. The molecule has 7 nitrogen and oxygen atoms in total. The molecular weight excluding hydrogens is 394 g/mol. The lowest BCUT2D eigenvalue weighted by Gasteiger charge is -2.17. The highest BCUT2D eigenvalue weighted by atomic mass is 35.5. The average Bonchev–Trinajstić information content (AvgIpc) is 3.09. The number of benzene rings is 2. The smallest absolute Gasteiger partial charge is 0.251 e. The molecule has 0 spiro atoms. The summed E-state index contributed by atoms with van der Waals surface area (Å²) in [7, 11) is 0. The van der Waals surface area contributed by atoms with Gasteiger partial charge < -0.3 is 20.6 Å². The lowest BCUT2D eigenvalue weighted by molar-refractivity contribution is -0.132. The quantitative estimate of drug-likeness (QED) is 0.477. The molecule has 0 radical (unpaired) electrons. The Kier molecular flexibility index (Phi) is 6.72. The number of phenols is 1. The van der Waals surface area contributed by atoms with Crippen LogP contribution in [0.5, 0.6) is 5.75 Å². The SMILES string of the molecule is O=C(NCCCNC(=O)C1CCN(c2ccc(Cl)cc2)C1=O)c1cccc(O)c1. The lowest BCUT2D eigenvalue weighted by atomic mass is 10.1. The first kappa shape index (κ1) is 20.7. The van der Waals surface area contributed by atoms with Gasteiger partial charge in [0.2, 0.25) is 11.8 Å². The van der Waals surface area contributed by atoms with Crippen molar-refractivity contribution in [3.05, 3.63) is 59.1 Å². The minimum atomic E-state index is -0.701. The molecule has 0 saturated carbocycles. The third-order valence-corrected chi connectivity index (χ3v) is 4.96. The van der Waals surface area contributed by atoms with E-state index in [1.165, 1.54) is 12.1 Å². The van der Waals surface area contributed by atoms with Crippen LogP contribution in [0.2, 0.25) is 5.02 Å². The Morgan fingerprint density at radius 3 is 2.55 bits per heavy atom. The molecule has 1 unspecified atom stereocenters. The number of amides is 3. The summed E-state index contributed by atoms with van der Waals surface area (Å²) in [6, 6.07) is 13.0. The number of carbonyl (C=O) groups excluding carboxylic acids is 3. The van der Waals surface area contributed by atoms with Crippen LogP contribution in [0.4, 0.5) is 5.69 Å². The highest BCUT2D eigenvalue weighted by molar-refractivity contribution is 6.30. The molecule has 1 heterocycles. The first-order valence-corrected chi connectivity index (χ1v) is 9.75. The number of hydrogen-bond acceptors (Lipinski definition) is 4. The van der Waals surface area contributed by atoms with Gasteiger partial charge in [-0.25, -0.2) is 0 Å². The Bertz CT molecular complexity index is 901. The predicted octanol–water partition coefficient (Wildman–Crippen LogP) is 2.33. The van der Waals surface area contributed by atoms with Gasteiger partial charge in [-0.15, -0.1) is 0 Å². The Morgan fingerprint density at radius 2 is 1.83 bits per heavy atom. The zero-order chi connectivity index (χ0) is 20.8. The zero-order valence-corrected chi connectivity index (χ0v) is 16.5. The van der Waals surface area contributed by atoms with Gasteiger partial charge in [0.1, 0.15) is 11.7 Å². The molecule has 1 aliphatic rings. The van der Waals surface area contributed by atoms with Crippen LogP contribution in [-0.2, 0) is 9.59 Å².